The van der Waals surface area contributed by atoms with Gasteiger partial charge in [-0.15, -0.1) is 0 Å². The Balaban J connectivity index is 2.87. The molecule has 0 radical (unpaired) electrons. The average Bonchev–Trinajstić information content (AvgIpc) is 2.43. The highest BCUT2D eigenvalue weighted by Crippen LogP contribution is 2.11. The van der Waals surface area contributed by atoms with Crippen molar-refractivity contribution in [3.63, 3.8) is 0 Å². The van der Waals surface area contributed by atoms with E-state index in [4.69, 9.17) is 11.0 Å². The van der Waals surface area contributed by atoms with E-state index in [-0.39, 0.29) is 5.91 Å². The van der Waals surface area contributed by atoms with E-state index < -0.39 is 6.04 Å². The molecule has 0 fully saturated rings. The fourth-order valence-corrected chi connectivity index (χ4v) is 1.73. The molecule has 1 aromatic rings. The van der Waals surface area contributed by atoms with Crippen LogP contribution in [0.3, 0.4) is 0 Å². The van der Waals surface area contributed by atoms with Crippen LogP contribution in [0.5, 0.6) is 0 Å². The molecule has 0 saturated heterocycles. The molecule has 0 aliphatic rings. The lowest BCUT2D eigenvalue weighted by molar-refractivity contribution is -0.133. The molecule has 1 amide bonds. The van der Waals surface area contributed by atoms with Crippen LogP contribution < -0.4 is 5.73 Å². The molecule has 4 nitrogen and oxygen atoms in total. The monoisotopic (exact) mass is 245 g/mol. The van der Waals surface area contributed by atoms with Gasteiger partial charge in [-0.3, -0.25) is 4.79 Å². The first kappa shape index (κ1) is 14.2. The first-order chi connectivity index (χ1) is 8.63. The summed E-state index contributed by atoms with van der Waals surface area (Å²) < 4.78 is 0. The Kier molecular flexibility index (Phi) is 5.34. The molecule has 4 heteroatoms. The number of amides is 1. The van der Waals surface area contributed by atoms with E-state index in [0.717, 1.165) is 5.56 Å². The van der Waals surface area contributed by atoms with Crippen LogP contribution in [-0.4, -0.2) is 23.4 Å². The lowest BCUT2D eigenvalue weighted by Crippen LogP contribution is -2.43. The lowest BCUT2D eigenvalue weighted by Gasteiger charge is -2.24. The molecule has 0 aliphatic carbocycles. The minimum atomic E-state index is -0.459. The summed E-state index contributed by atoms with van der Waals surface area (Å²) in [6, 6.07) is 8.99. The Morgan fingerprint density at radius 1 is 1.44 bits per heavy atom. The second-order valence-corrected chi connectivity index (χ2v) is 4.14. The first-order valence-corrected chi connectivity index (χ1v) is 6.16. The highest BCUT2D eigenvalue weighted by Gasteiger charge is 2.19. The Hall–Kier alpha value is -1.86. The molecular weight excluding hydrogens is 226 g/mol. The fraction of sp³-hybridized carbons (Fsp3) is 0.429. The number of likely N-dealkylation sites (N-methyl/N-ethyl adjacent to an activating group) is 1. The van der Waals surface area contributed by atoms with E-state index >= 15 is 0 Å². The Morgan fingerprint density at radius 2 is 2.11 bits per heavy atom. The van der Waals surface area contributed by atoms with Crippen molar-refractivity contribution in [1.82, 2.24) is 4.90 Å². The van der Waals surface area contributed by atoms with Crippen LogP contribution in [0, 0.1) is 11.3 Å². The minimum Gasteiger partial charge on any atom is -0.337 e. The van der Waals surface area contributed by atoms with Crippen LogP contribution in [0.25, 0.3) is 0 Å². The van der Waals surface area contributed by atoms with E-state index in [2.05, 4.69) is 6.07 Å². The predicted octanol–water partition coefficient (Wildman–Crippen LogP) is 1.64. The second kappa shape index (κ2) is 6.77. The average molecular weight is 245 g/mol. The van der Waals surface area contributed by atoms with Crippen molar-refractivity contribution in [2.45, 2.75) is 32.9 Å². The van der Waals surface area contributed by atoms with E-state index in [1.165, 1.54) is 0 Å². The SMILES string of the molecule is CC[C@H](N)C(=O)N(CC)Cc1ccccc1C#N. The minimum absolute atomic E-state index is 0.0623. The molecule has 1 aromatic carbocycles. The molecule has 2 N–H and O–H groups in total. The molecule has 0 bridgehead atoms. The van der Waals surface area contributed by atoms with Crippen molar-refractivity contribution in [2.24, 2.45) is 5.73 Å². The van der Waals surface area contributed by atoms with Crippen molar-refractivity contribution < 1.29 is 4.79 Å². The largest absolute Gasteiger partial charge is 0.337 e. The number of benzene rings is 1. The molecule has 0 saturated carbocycles. The third kappa shape index (κ3) is 3.31. The number of rotatable bonds is 5. The summed E-state index contributed by atoms with van der Waals surface area (Å²) in [7, 11) is 0. The van der Waals surface area contributed by atoms with Crippen molar-refractivity contribution in [2.75, 3.05) is 6.54 Å². The summed E-state index contributed by atoms with van der Waals surface area (Å²) in [4.78, 5) is 13.7. The van der Waals surface area contributed by atoms with Gasteiger partial charge >= 0.3 is 0 Å². The van der Waals surface area contributed by atoms with Crippen LogP contribution in [0.15, 0.2) is 24.3 Å². The maximum atomic E-state index is 12.0. The molecule has 0 aromatic heterocycles. The van der Waals surface area contributed by atoms with E-state index in [1.54, 1.807) is 11.0 Å². The van der Waals surface area contributed by atoms with Gasteiger partial charge in [-0.2, -0.15) is 5.26 Å². The Morgan fingerprint density at radius 3 is 2.67 bits per heavy atom. The van der Waals surface area contributed by atoms with E-state index in [9.17, 15) is 4.79 Å². The normalized spacial score (nSPS) is 11.7. The third-order valence-corrected chi connectivity index (χ3v) is 2.95. The number of carbonyl (C=O) groups excluding carboxylic acids is 1. The third-order valence-electron chi connectivity index (χ3n) is 2.95. The Bertz CT molecular complexity index is 451. The summed E-state index contributed by atoms with van der Waals surface area (Å²) in [6.07, 6.45) is 0.620. The molecule has 96 valence electrons. The van der Waals surface area contributed by atoms with Crippen molar-refractivity contribution in [3.05, 3.63) is 35.4 Å². The molecular formula is C14H19N3O. The van der Waals surface area contributed by atoms with Gasteiger partial charge in [-0.05, 0) is 25.0 Å². The van der Waals surface area contributed by atoms with Gasteiger partial charge in [0.05, 0.1) is 17.7 Å². The smallest absolute Gasteiger partial charge is 0.239 e. The quantitative estimate of drug-likeness (QED) is 0.857. The summed E-state index contributed by atoms with van der Waals surface area (Å²) >= 11 is 0. The number of hydrogen-bond donors (Lipinski definition) is 1. The topological polar surface area (TPSA) is 70.1 Å². The number of nitrogens with two attached hydrogens (primary N) is 1. The maximum Gasteiger partial charge on any atom is 0.239 e. The van der Waals surface area contributed by atoms with Crippen molar-refractivity contribution >= 4 is 5.91 Å². The Labute approximate surface area is 108 Å². The second-order valence-electron chi connectivity index (χ2n) is 4.14. The van der Waals surface area contributed by atoms with E-state index in [0.29, 0.717) is 25.1 Å². The van der Waals surface area contributed by atoms with Crippen molar-refractivity contribution in [1.29, 1.82) is 5.26 Å². The molecule has 0 spiro atoms. The lowest BCUT2D eigenvalue weighted by atomic mass is 10.1. The van der Waals surface area contributed by atoms with Gasteiger partial charge in [0.1, 0.15) is 0 Å². The molecule has 18 heavy (non-hydrogen) atoms. The fourth-order valence-electron chi connectivity index (χ4n) is 1.73. The van der Waals surface area contributed by atoms with Crippen molar-refractivity contribution in [3.8, 4) is 6.07 Å². The van der Waals surface area contributed by atoms with Crippen LogP contribution in [0.1, 0.15) is 31.4 Å². The predicted molar refractivity (Wildman–Crippen MR) is 70.5 cm³/mol. The zero-order chi connectivity index (χ0) is 13.5. The van der Waals surface area contributed by atoms with Crippen LogP contribution in [-0.2, 0) is 11.3 Å². The zero-order valence-electron chi connectivity index (χ0n) is 10.9. The summed E-state index contributed by atoms with van der Waals surface area (Å²) in [5.41, 5.74) is 7.23. The summed E-state index contributed by atoms with van der Waals surface area (Å²) in [6.45, 7) is 4.83. The molecule has 1 rings (SSSR count). The molecule has 0 heterocycles. The number of nitriles is 1. The maximum absolute atomic E-state index is 12.0. The highest BCUT2D eigenvalue weighted by atomic mass is 16.2. The van der Waals surface area contributed by atoms with Gasteiger partial charge in [0, 0.05) is 13.1 Å². The van der Waals surface area contributed by atoms with Crippen LogP contribution >= 0.6 is 0 Å². The van der Waals surface area contributed by atoms with Gasteiger partial charge in [0.15, 0.2) is 0 Å². The molecule has 1 atom stereocenters. The summed E-state index contributed by atoms with van der Waals surface area (Å²) in [5.74, 6) is -0.0623. The van der Waals surface area contributed by atoms with Gasteiger partial charge < -0.3 is 10.6 Å². The standard InChI is InChI=1S/C14H19N3O/c1-3-13(16)14(18)17(4-2)10-12-8-6-5-7-11(12)9-15/h5-8,13H,3-4,10,16H2,1-2H3/t13-/m0/s1. The molecule has 0 unspecified atom stereocenters. The number of hydrogen-bond acceptors (Lipinski definition) is 3. The summed E-state index contributed by atoms with van der Waals surface area (Å²) in [5, 5.41) is 9.02. The van der Waals surface area contributed by atoms with Gasteiger partial charge in [-0.25, -0.2) is 0 Å². The van der Waals surface area contributed by atoms with Crippen LogP contribution in [0.4, 0.5) is 0 Å². The molecule has 0 aliphatic heterocycles. The number of carbonyl (C=O) groups is 1. The highest BCUT2D eigenvalue weighted by molar-refractivity contribution is 5.81. The van der Waals surface area contributed by atoms with Gasteiger partial charge in [0.2, 0.25) is 5.91 Å². The van der Waals surface area contributed by atoms with Crippen LogP contribution in [0.2, 0.25) is 0 Å². The van der Waals surface area contributed by atoms with E-state index in [1.807, 2.05) is 32.0 Å². The number of nitrogens with zero attached hydrogens (tertiary/aromatic N) is 2. The zero-order valence-corrected chi connectivity index (χ0v) is 10.9. The van der Waals surface area contributed by atoms with Gasteiger partial charge in [0.25, 0.3) is 0 Å². The first-order valence-electron chi connectivity index (χ1n) is 6.16. The van der Waals surface area contributed by atoms with Gasteiger partial charge in [-0.1, -0.05) is 25.1 Å².